The van der Waals surface area contributed by atoms with Gasteiger partial charge in [0.15, 0.2) is 0 Å². The molecule has 0 radical (unpaired) electrons. The zero-order valence-electron chi connectivity index (χ0n) is 20.2. The van der Waals surface area contributed by atoms with E-state index < -0.39 is 29.4 Å². The first kappa shape index (κ1) is 25.2. The SMILES string of the molecule is COc1cc(C(=O)N2C(c3cscn3)[C@@H](CO)C[C@@]2(CC(C)C)C(=O)O)ccc1C(C)(C)C. The largest absolute Gasteiger partial charge is 0.496 e. The Bertz CT molecular complexity index is 999. The van der Waals surface area contributed by atoms with Gasteiger partial charge < -0.3 is 19.8 Å². The van der Waals surface area contributed by atoms with Crippen molar-refractivity contribution < 1.29 is 24.5 Å². The molecule has 2 aromatic rings. The molecule has 8 heteroatoms. The molecule has 0 aliphatic carbocycles. The Labute approximate surface area is 199 Å². The number of methoxy groups -OCH3 is 1. The first-order chi connectivity index (χ1) is 15.5. The maximum absolute atomic E-state index is 14.0. The zero-order valence-corrected chi connectivity index (χ0v) is 21.0. The van der Waals surface area contributed by atoms with Crippen LogP contribution >= 0.6 is 11.3 Å². The molecule has 0 saturated carbocycles. The van der Waals surface area contributed by atoms with Crippen LogP contribution in [0.25, 0.3) is 0 Å². The Morgan fingerprint density at radius 3 is 2.52 bits per heavy atom. The number of likely N-dealkylation sites (tertiary alicyclic amines) is 1. The van der Waals surface area contributed by atoms with Gasteiger partial charge in [0, 0.05) is 23.5 Å². The minimum atomic E-state index is -1.44. The van der Waals surface area contributed by atoms with Gasteiger partial charge in [-0.3, -0.25) is 4.79 Å². The van der Waals surface area contributed by atoms with E-state index in [1.54, 1.807) is 24.8 Å². The molecular formula is C25H34N2O5S. The van der Waals surface area contributed by atoms with Crippen molar-refractivity contribution in [3.05, 3.63) is 45.9 Å². The van der Waals surface area contributed by atoms with E-state index in [0.717, 1.165) is 5.56 Å². The van der Waals surface area contributed by atoms with E-state index >= 15 is 0 Å². The topological polar surface area (TPSA) is 100.0 Å². The maximum Gasteiger partial charge on any atom is 0.329 e. The number of carboxylic acids is 1. The van der Waals surface area contributed by atoms with E-state index in [1.807, 2.05) is 25.3 Å². The number of amides is 1. The average Bonchev–Trinajstić information content (AvgIpc) is 3.37. The fourth-order valence-electron chi connectivity index (χ4n) is 5.07. The molecule has 33 heavy (non-hydrogen) atoms. The number of thiazole rings is 1. The normalized spacial score (nSPS) is 23.2. The number of aliphatic hydroxyl groups excluding tert-OH is 1. The van der Waals surface area contributed by atoms with Gasteiger partial charge in [-0.05, 0) is 41.9 Å². The van der Waals surface area contributed by atoms with E-state index in [4.69, 9.17) is 4.74 Å². The molecule has 0 spiro atoms. The summed E-state index contributed by atoms with van der Waals surface area (Å²) in [5.74, 6) is -1.27. The third kappa shape index (κ3) is 4.64. The zero-order chi connectivity index (χ0) is 24.6. The summed E-state index contributed by atoms with van der Waals surface area (Å²) >= 11 is 1.38. The molecule has 1 unspecified atom stereocenters. The van der Waals surface area contributed by atoms with E-state index in [-0.39, 0.29) is 30.8 Å². The number of aliphatic carboxylic acids is 1. The van der Waals surface area contributed by atoms with E-state index in [2.05, 4.69) is 25.8 Å². The third-order valence-electron chi connectivity index (χ3n) is 6.39. The lowest BCUT2D eigenvalue weighted by molar-refractivity contribution is -0.150. The second-order valence-corrected chi connectivity index (χ2v) is 11.0. The van der Waals surface area contributed by atoms with Crippen LogP contribution in [0.5, 0.6) is 5.75 Å². The van der Waals surface area contributed by atoms with E-state index in [0.29, 0.717) is 17.0 Å². The Morgan fingerprint density at radius 1 is 1.33 bits per heavy atom. The predicted octanol–water partition coefficient (Wildman–Crippen LogP) is 4.51. The number of aromatic nitrogens is 1. The molecule has 1 aromatic heterocycles. The quantitative estimate of drug-likeness (QED) is 0.612. The van der Waals surface area contributed by atoms with Crippen molar-refractivity contribution in [2.75, 3.05) is 13.7 Å². The molecule has 2 heterocycles. The van der Waals surface area contributed by atoms with Gasteiger partial charge >= 0.3 is 5.97 Å². The first-order valence-corrected chi connectivity index (χ1v) is 12.1. The molecular weight excluding hydrogens is 440 g/mol. The second-order valence-electron chi connectivity index (χ2n) is 10.3. The summed E-state index contributed by atoms with van der Waals surface area (Å²) in [4.78, 5) is 32.7. The number of hydrogen-bond donors (Lipinski definition) is 2. The van der Waals surface area contributed by atoms with Crippen LogP contribution in [0.1, 0.15) is 75.1 Å². The van der Waals surface area contributed by atoms with Crippen LogP contribution in [0.3, 0.4) is 0 Å². The number of ether oxygens (including phenoxy) is 1. The molecule has 1 fully saturated rings. The van der Waals surface area contributed by atoms with Crippen molar-refractivity contribution in [1.29, 1.82) is 0 Å². The lowest BCUT2D eigenvalue weighted by Gasteiger charge is -2.39. The predicted molar refractivity (Wildman–Crippen MR) is 128 cm³/mol. The van der Waals surface area contributed by atoms with Crippen molar-refractivity contribution in [3.63, 3.8) is 0 Å². The van der Waals surface area contributed by atoms with Gasteiger partial charge in [-0.25, -0.2) is 9.78 Å². The smallest absolute Gasteiger partial charge is 0.329 e. The number of hydrogen-bond acceptors (Lipinski definition) is 6. The maximum atomic E-state index is 14.0. The second kappa shape index (κ2) is 9.43. The summed E-state index contributed by atoms with van der Waals surface area (Å²) in [5.41, 5.74) is 1.96. The van der Waals surface area contributed by atoms with Gasteiger partial charge in [-0.1, -0.05) is 40.7 Å². The number of carbonyl (C=O) groups is 2. The molecule has 3 atom stereocenters. The van der Waals surface area contributed by atoms with Gasteiger partial charge in [-0.15, -0.1) is 11.3 Å². The number of nitrogens with zero attached hydrogens (tertiary/aromatic N) is 2. The number of aliphatic hydroxyl groups is 1. The number of benzene rings is 1. The lowest BCUT2D eigenvalue weighted by Crippen LogP contribution is -2.54. The monoisotopic (exact) mass is 474 g/mol. The summed E-state index contributed by atoms with van der Waals surface area (Å²) < 4.78 is 5.59. The molecule has 180 valence electrons. The summed E-state index contributed by atoms with van der Waals surface area (Å²) in [7, 11) is 1.56. The van der Waals surface area contributed by atoms with Crippen LogP contribution in [0, 0.1) is 11.8 Å². The molecule has 2 N–H and O–H groups in total. The molecule has 1 amide bonds. The van der Waals surface area contributed by atoms with Crippen LogP contribution < -0.4 is 4.74 Å². The van der Waals surface area contributed by atoms with Crippen LogP contribution in [0.4, 0.5) is 0 Å². The van der Waals surface area contributed by atoms with Crippen molar-refractivity contribution in [1.82, 2.24) is 9.88 Å². The van der Waals surface area contributed by atoms with Gasteiger partial charge in [0.25, 0.3) is 5.91 Å². The third-order valence-corrected chi connectivity index (χ3v) is 7.00. The molecule has 0 bridgehead atoms. The van der Waals surface area contributed by atoms with Crippen molar-refractivity contribution in [2.24, 2.45) is 11.8 Å². The van der Waals surface area contributed by atoms with Gasteiger partial charge in [0.05, 0.1) is 24.4 Å². The molecule has 1 saturated heterocycles. The summed E-state index contributed by atoms with van der Waals surface area (Å²) in [6.45, 7) is 9.85. The highest BCUT2D eigenvalue weighted by Gasteiger charge is 2.59. The Hall–Kier alpha value is -2.45. The van der Waals surface area contributed by atoms with Crippen LogP contribution in [0.2, 0.25) is 0 Å². The standard InChI is InChI=1S/C25H34N2O5S/c1-15(2)10-25(23(30)31)11-17(12-28)21(19-13-33-14-26-19)27(25)22(29)16-7-8-18(24(3,4)5)20(9-16)32-6/h7-9,13-15,17,21,28H,10-12H2,1-6H3,(H,30,31)/t17-,21?,25+/m1/s1. The average molecular weight is 475 g/mol. The lowest BCUT2D eigenvalue weighted by atomic mass is 9.83. The fraction of sp³-hybridized carbons (Fsp3) is 0.560. The van der Waals surface area contributed by atoms with Gasteiger partial charge in [-0.2, -0.15) is 0 Å². The fourth-order valence-corrected chi connectivity index (χ4v) is 5.65. The van der Waals surface area contributed by atoms with Crippen LogP contribution in [-0.4, -0.2) is 51.2 Å². The molecule has 1 aromatic carbocycles. The van der Waals surface area contributed by atoms with Crippen molar-refractivity contribution in [3.8, 4) is 5.75 Å². The highest BCUT2D eigenvalue weighted by Crippen LogP contribution is 2.50. The molecule has 1 aliphatic rings. The molecule has 7 nitrogen and oxygen atoms in total. The van der Waals surface area contributed by atoms with Gasteiger partial charge in [0.1, 0.15) is 11.3 Å². The summed E-state index contributed by atoms with van der Waals surface area (Å²) in [6.07, 6.45) is 0.449. The Morgan fingerprint density at radius 2 is 2.03 bits per heavy atom. The summed E-state index contributed by atoms with van der Waals surface area (Å²) in [6, 6.07) is 4.67. The van der Waals surface area contributed by atoms with E-state index in [1.165, 1.54) is 16.2 Å². The Balaban J connectivity index is 2.19. The number of carboxylic acid groups (broad SMARTS) is 1. The minimum absolute atomic E-state index is 0.0303. The number of carbonyl (C=O) groups excluding carboxylic acids is 1. The summed E-state index contributed by atoms with van der Waals surface area (Å²) in [5, 5.41) is 22.5. The first-order valence-electron chi connectivity index (χ1n) is 11.2. The molecule has 1 aliphatic heterocycles. The highest BCUT2D eigenvalue weighted by atomic mass is 32.1. The van der Waals surface area contributed by atoms with Crippen molar-refractivity contribution >= 4 is 23.2 Å². The highest BCUT2D eigenvalue weighted by molar-refractivity contribution is 7.07. The van der Waals surface area contributed by atoms with Crippen LogP contribution in [0.15, 0.2) is 29.1 Å². The Kier molecular flexibility index (Phi) is 7.19. The van der Waals surface area contributed by atoms with Crippen molar-refractivity contribution in [2.45, 2.75) is 64.5 Å². The molecule has 3 rings (SSSR count). The van der Waals surface area contributed by atoms with Gasteiger partial charge in [0.2, 0.25) is 0 Å². The minimum Gasteiger partial charge on any atom is -0.496 e. The number of rotatable bonds is 7. The van der Waals surface area contributed by atoms with E-state index in [9.17, 15) is 19.8 Å². The van der Waals surface area contributed by atoms with Crippen LogP contribution in [-0.2, 0) is 10.2 Å².